The topological polar surface area (TPSA) is 76.6 Å². The summed E-state index contributed by atoms with van der Waals surface area (Å²) in [6, 6.07) is 4.09. The van der Waals surface area contributed by atoms with Crippen LogP contribution in [0.3, 0.4) is 0 Å². The Labute approximate surface area is 152 Å². The lowest BCUT2D eigenvalue weighted by Crippen LogP contribution is -2.40. The molecule has 0 bridgehead atoms. The van der Waals surface area contributed by atoms with Crippen molar-refractivity contribution in [3.8, 4) is 0 Å². The zero-order valence-corrected chi connectivity index (χ0v) is 15.1. The molecule has 2 aliphatic heterocycles. The molecule has 2 aromatic rings. The van der Waals surface area contributed by atoms with Crippen molar-refractivity contribution in [2.45, 2.75) is 38.9 Å². The van der Waals surface area contributed by atoms with E-state index in [1.807, 2.05) is 34.8 Å². The first-order chi connectivity index (χ1) is 12.7. The molecule has 1 atom stereocenters. The van der Waals surface area contributed by atoms with Crippen LogP contribution >= 0.6 is 0 Å². The second-order valence-corrected chi connectivity index (χ2v) is 7.12. The van der Waals surface area contributed by atoms with Crippen LogP contribution < -0.4 is 0 Å². The minimum absolute atomic E-state index is 0.0909. The minimum Gasteiger partial charge on any atom is -0.369 e. The van der Waals surface area contributed by atoms with E-state index in [2.05, 4.69) is 15.2 Å². The van der Waals surface area contributed by atoms with Gasteiger partial charge in [-0.2, -0.15) is 5.10 Å². The number of carbonyl (C=O) groups is 1. The molecule has 1 saturated heterocycles. The lowest BCUT2D eigenvalue weighted by Gasteiger charge is -2.33. The van der Waals surface area contributed by atoms with Crippen molar-refractivity contribution in [1.29, 1.82) is 0 Å². The first-order valence-electron chi connectivity index (χ1n) is 9.21. The molecule has 0 saturated carbocycles. The predicted octanol–water partition coefficient (Wildman–Crippen LogP) is 1.38. The fraction of sp³-hybridized carbons (Fsp3) is 0.611. The second kappa shape index (κ2) is 7.59. The standard InChI is InChI=1S/C18H25N5O3/c1-14-8-15(20-26-14)9-21-10-16-4-5-19-23(16)17(11-21)12-25-13-18(24)22-6-2-3-7-22/h4-5,8,17H,2-3,6-7,9-13H2,1H3/t17-/m1/s1. The maximum Gasteiger partial charge on any atom is 0.248 e. The molecule has 0 aliphatic carbocycles. The molecule has 2 aromatic heterocycles. The Balaban J connectivity index is 1.34. The molecule has 8 nitrogen and oxygen atoms in total. The van der Waals surface area contributed by atoms with Crippen LogP contribution in [0.1, 0.15) is 36.0 Å². The summed E-state index contributed by atoms with van der Waals surface area (Å²) >= 11 is 0. The molecule has 0 unspecified atom stereocenters. The van der Waals surface area contributed by atoms with Gasteiger partial charge in [0, 0.05) is 45.0 Å². The third kappa shape index (κ3) is 3.81. The van der Waals surface area contributed by atoms with E-state index in [1.54, 1.807) is 0 Å². The molecule has 4 rings (SSSR count). The second-order valence-electron chi connectivity index (χ2n) is 7.12. The normalized spacial score (nSPS) is 20.5. The van der Waals surface area contributed by atoms with Crippen LogP contribution in [0.5, 0.6) is 0 Å². The number of rotatable bonds is 6. The van der Waals surface area contributed by atoms with Gasteiger partial charge in [-0.25, -0.2) is 0 Å². The van der Waals surface area contributed by atoms with E-state index in [1.165, 1.54) is 0 Å². The molecule has 2 aliphatic rings. The Bertz CT molecular complexity index is 750. The smallest absolute Gasteiger partial charge is 0.248 e. The fourth-order valence-electron chi connectivity index (χ4n) is 3.77. The van der Waals surface area contributed by atoms with Crippen LogP contribution in [0.2, 0.25) is 0 Å². The number of fused-ring (bicyclic) bond motifs is 1. The van der Waals surface area contributed by atoms with E-state index in [4.69, 9.17) is 9.26 Å². The number of hydrogen-bond acceptors (Lipinski definition) is 6. The van der Waals surface area contributed by atoms with E-state index in [0.717, 1.165) is 62.7 Å². The summed E-state index contributed by atoms with van der Waals surface area (Å²) in [5.74, 6) is 0.913. The summed E-state index contributed by atoms with van der Waals surface area (Å²) in [7, 11) is 0. The predicted molar refractivity (Wildman–Crippen MR) is 93.3 cm³/mol. The first-order valence-corrected chi connectivity index (χ1v) is 9.21. The minimum atomic E-state index is 0.0909. The molecule has 1 fully saturated rings. The van der Waals surface area contributed by atoms with Crippen LogP contribution in [0.4, 0.5) is 0 Å². The fourth-order valence-corrected chi connectivity index (χ4v) is 3.77. The highest BCUT2D eigenvalue weighted by Crippen LogP contribution is 2.22. The molecule has 0 N–H and O–H groups in total. The van der Waals surface area contributed by atoms with E-state index < -0.39 is 0 Å². The van der Waals surface area contributed by atoms with Gasteiger partial charge in [0.1, 0.15) is 12.4 Å². The number of aryl methyl sites for hydroxylation is 1. The number of nitrogens with zero attached hydrogens (tertiary/aromatic N) is 5. The average molecular weight is 359 g/mol. The molecular formula is C18H25N5O3. The van der Waals surface area contributed by atoms with Crippen LogP contribution in [0, 0.1) is 6.92 Å². The molecule has 4 heterocycles. The van der Waals surface area contributed by atoms with Gasteiger partial charge < -0.3 is 14.2 Å². The highest BCUT2D eigenvalue weighted by atomic mass is 16.5. The van der Waals surface area contributed by atoms with Gasteiger partial charge in [0.15, 0.2) is 0 Å². The summed E-state index contributed by atoms with van der Waals surface area (Å²) in [6.07, 6.45) is 4.02. The van der Waals surface area contributed by atoms with Gasteiger partial charge >= 0.3 is 0 Å². The molecule has 0 radical (unpaired) electrons. The van der Waals surface area contributed by atoms with Crippen LogP contribution in [-0.2, 0) is 22.6 Å². The Hall–Kier alpha value is -2.19. The average Bonchev–Trinajstić information content (AvgIpc) is 3.36. The number of ether oxygens (including phenoxy) is 1. The molecule has 1 amide bonds. The molecule has 0 spiro atoms. The van der Waals surface area contributed by atoms with Gasteiger partial charge in [0.05, 0.1) is 24.0 Å². The van der Waals surface area contributed by atoms with E-state index in [-0.39, 0.29) is 18.6 Å². The molecule has 0 aromatic carbocycles. The summed E-state index contributed by atoms with van der Waals surface area (Å²) in [5.41, 5.74) is 2.08. The maximum absolute atomic E-state index is 12.1. The zero-order valence-electron chi connectivity index (χ0n) is 15.1. The summed E-state index contributed by atoms with van der Waals surface area (Å²) in [6.45, 7) is 6.59. The Morgan fingerprint density at radius 1 is 1.38 bits per heavy atom. The highest BCUT2D eigenvalue weighted by Gasteiger charge is 2.27. The van der Waals surface area contributed by atoms with Crippen molar-refractivity contribution in [3.63, 3.8) is 0 Å². The van der Waals surface area contributed by atoms with Crippen molar-refractivity contribution in [1.82, 2.24) is 24.7 Å². The Morgan fingerprint density at radius 3 is 3.00 bits per heavy atom. The van der Waals surface area contributed by atoms with Crippen molar-refractivity contribution in [2.24, 2.45) is 0 Å². The SMILES string of the molecule is Cc1cc(CN2Cc3ccnn3[C@@H](COCC(=O)N3CCCC3)C2)no1. The van der Waals surface area contributed by atoms with Gasteiger partial charge in [-0.05, 0) is 25.8 Å². The van der Waals surface area contributed by atoms with Gasteiger partial charge in [-0.1, -0.05) is 5.16 Å². The summed E-state index contributed by atoms with van der Waals surface area (Å²) < 4.78 is 12.9. The van der Waals surface area contributed by atoms with Gasteiger partial charge in [0.25, 0.3) is 0 Å². The molecule has 8 heteroatoms. The number of likely N-dealkylation sites (tertiary alicyclic amines) is 1. The van der Waals surface area contributed by atoms with Gasteiger partial charge in [0.2, 0.25) is 5.91 Å². The Kier molecular flexibility index (Phi) is 5.03. The molecule has 140 valence electrons. The number of amides is 1. The number of carbonyl (C=O) groups excluding carboxylic acids is 1. The maximum atomic E-state index is 12.1. The number of hydrogen-bond donors (Lipinski definition) is 0. The van der Waals surface area contributed by atoms with Crippen molar-refractivity contribution in [3.05, 3.63) is 35.5 Å². The van der Waals surface area contributed by atoms with Crippen LogP contribution in [0.25, 0.3) is 0 Å². The largest absolute Gasteiger partial charge is 0.369 e. The zero-order chi connectivity index (χ0) is 17.9. The summed E-state index contributed by atoms with van der Waals surface area (Å²) in [4.78, 5) is 16.3. The van der Waals surface area contributed by atoms with E-state index >= 15 is 0 Å². The Morgan fingerprint density at radius 2 is 2.23 bits per heavy atom. The van der Waals surface area contributed by atoms with Gasteiger partial charge in [-0.3, -0.25) is 14.4 Å². The van der Waals surface area contributed by atoms with Gasteiger partial charge in [-0.15, -0.1) is 0 Å². The lowest BCUT2D eigenvalue weighted by molar-refractivity contribution is -0.135. The van der Waals surface area contributed by atoms with Crippen LogP contribution in [0.15, 0.2) is 22.9 Å². The molecular weight excluding hydrogens is 334 g/mol. The monoisotopic (exact) mass is 359 g/mol. The quantitative estimate of drug-likeness (QED) is 0.775. The number of aromatic nitrogens is 3. The molecule has 26 heavy (non-hydrogen) atoms. The third-order valence-electron chi connectivity index (χ3n) is 5.01. The van der Waals surface area contributed by atoms with Crippen molar-refractivity contribution >= 4 is 5.91 Å². The highest BCUT2D eigenvalue weighted by molar-refractivity contribution is 5.77. The third-order valence-corrected chi connectivity index (χ3v) is 5.01. The van der Waals surface area contributed by atoms with E-state index in [0.29, 0.717) is 6.61 Å². The summed E-state index contributed by atoms with van der Waals surface area (Å²) in [5, 5.41) is 8.53. The van der Waals surface area contributed by atoms with Crippen molar-refractivity contribution in [2.75, 3.05) is 32.8 Å². The lowest BCUT2D eigenvalue weighted by atomic mass is 10.2. The van der Waals surface area contributed by atoms with Crippen molar-refractivity contribution < 1.29 is 14.1 Å². The first kappa shape index (κ1) is 17.2. The van der Waals surface area contributed by atoms with E-state index in [9.17, 15) is 4.79 Å². The van der Waals surface area contributed by atoms with Crippen LogP contribution in [-0.4, -0.2) is 63.5 Å².